The van der Waals surface area contributed by atoms with Gasteiger partial charge in [0.2, 0.25) is 0 Å². The van der Waals surface area contributed by atoms with Crippen LogP contribution in [0, 0.1) is 0 Å². The summed E-state index contributed by atoms with van der Waals surface area (Å²) >= 11 is 5.71. The molecular formula is C8H10ClNO. The van der Waals surface area contributed by atoms with Crippen molar-refractivity contribution in [2.24, 2.45) is 0 Å². The highest BCUT2D eigenvalue weighted by atomic mass is 35.5. The summed E-state index contributed by atoms with van der Waals surface area (Å²) in [4.78, 5) is 0. The van der Waals surface area contributed by atoms with Gasteiger partial charge >= 0.3 is 0 Å². The summed E-state index contributed by atoms with van der Waals surface area (Å²) < 4.78 is 0. The van der Waals surface area contributed by atoms with E-state index in [1.165, 1.54) is 0 Å². The number of hydrogen-bond acceptors (Lipinski definition) is 2. The van der Waals surface area contributed by atoms with Crippen molar-refractivity contribution in [1.29, 1.82) is 0 Å². The summed E-state index contributed by atoms with van der Waals surface area (Å²) in [5.74, 6) is 0. The number of benzene rings is 1. The summed E-state index contributed by atoms with van der Waals surface area (Å²) in [5.41, 5.74) is 1.73. The molecule has 0 saturated carbocycles. The topological polar surface area (TPSA) is 32.3 Å². The van der Waals surface area contributed by atoms with E-state index in [4.69, 9.17) is 16.7 Å². The highest BCUT2D eigenvalue weighted by Gasteiger charge is 1.98. The van der Waals surface area contributed by atoms with Crippen LogP contribution in [0.2, 0.25) is 5.02 Å². The second-order valence-electron chi connectivity index (χ2n) is 2.21. The molecular weight excluding hydrogens is 162 g/mol. The van der Waals surface area contributed by atoms with Gasteiger partial charge in [-0.05, 0) is 18.2 Å². The van der Waals surface area contributed by atoms with Gasteiger partial charge in [-0.15, -0.1) is 0 Å². The Morgan fingerprint density at radius 3 is 2.82 bits per heavy atom. The van der Waals surface area contributed by atoms with E-state index < -0.39 is 0 Å². The average molecular weight is 172 g/mol. The lowest BCUT2D eigenvalue weighted by Crippen LogP contribution is -1.94. The van der Waals surface area contributed by atoms with Crippen LogP contribution in [-0.4, -0.2) is 12.2 Å². The maximum absolute atomic E-state index is 8.88. The van der Waals surface area contributed by atoms with Crippen LogP contribution in [0.15, 0.2) is 18.2 Å². The molecule has 0 aliphatic rings. The molecule has 0 bridgehead atoms. The SMILES string of the molecule is CNc1ccc(Cl)cc1CO. The molecule has 0 aliphatic carbocycles. The minimum atomic E-state index is 0.0106. The molecule has 0 amide bonds. The molecule has 0 unspecified atom stereocenters. The fraction of sp³-hybridized carbons (Fsp3) is 0.250. The van der Waals surface area contributed by atoms with E-state index in [9.17, 15) is 0 Å². The maximum Gasteiger partial charge on any atom is 0.0702 e. The number of rotatable bonds is 2. The minimum absolute atomic E-state index is 0.0106. The second kappa shape index (κ2) is 3.60. The second-order valence-corrected chi connectivity index (χ2v) is 2.65. The zero-order valence-corrected chi connectivity index (χ0v) is 7.02. The molecule has 0 aliphatic heterocycles. The van der Waals surface area contributed by atoms with Crippen LogP contribution in [0.25, 0.3) is 0 Å². The van der Waals surface area contributed by atoms with Crippen molar-refractivity contribution in [3.8, 4) is 0 Å². The summed E-state index contributed by atoms with van der Waals surface area (Å²) in [6.45, 7) is 0.0106. The lowest BCUT2D eigenvalue weighted by atomic mass is 10.2. The smallest absolute Gasteiger partial charge is 0.0702 e. The van der Waals surface area contributed by atoms with Gasteiger partial charge in [0.15, 0.2) is 0 Å². The van der Waals surface area contributed by atoms with Gasteiger partial charge in [-0.25, -0.2) is 0 Å². The molecule has 1 rings (SSSR count). The molecule has 0 saturated heterocycles. The van der Waals surface area contributed by atoms with Gasteiger partial charge in [-0.2, -0.15) is 0 Å². The van der Waals surface area contributed by atoms with E-state index >= 15 is 0 Å². The molecule has 60 valence electrons. The van der Waals surface area contributed by atoms with Crippen LogP contribution < -0.4 is 5.32 Å². The Morgan fingerprint density at radius 2 is 2.27 bits per heavy atom. The Kier molecular flexibility index (Phi) is 2.74. The molecule has 2 nitrogen and oxygen atoms in total. The van der Waals surface area contributed by atoms with Crippen LogP contribution in [0.4, 0.5) is 5.69 Å². The number of nitrogens with one attached hydrogen (secondary N) is 1. The quantitative estimate of drug-likeness (QED) is 0.712. The standard InChI is InChI=1S/C8H10ClNO/c1-10-8-3-2-7(9)4-6(8)5-11/h2-4,10-11H,5H2,1H3. The third kappa shape index (κ3) is 1.85. The van der Waals surface area contributed by atoms with Crippen molar-refractivity contribution >= 4 is 17.3 Å². The first-order valence-corrected chi connectivity index (χ1v) is 3.72. The van der Waals surface area contributed by atoms with Gasteiger partial charge in [-0.3, -0.25) is 0 Å². The maximum atomic E-state index is 8.88. The molecule has 0 aromatic heterocycles. The van der Waals surface area contributed by atoms with E-state index in [0.717, 1.165) is 11.3 Å². The number of aliphatic hydroxyl groups excluding tert-OH is 1. The van der Waals surface area contributed by atoms with E-state index in [1.54, 1.807) is 12.1 Å². The highest BCUT2D eigenvalue weighted by molar-refractivity contribution is 6.30. The Morgan fingerprint density at radius 1 is 1.55 bits per heavy atom. The van der Waals surface area contributed by atoms with Crippen molar-refractivity contribution < 1.29 is 5.11 Å². The molecule has 0 fully saturated rings. The predicted octanol–water partition coefficient (Wildman–Crippen LogP) is 1.87. The molecule has 0 spiro atoms. The fourth-order valence-corrected chi connectivity index (χ4v) is 1.13. The van der Waals surface area contributed by atoms with Crippen LogP contribution in [0.5, 0.6) is 0 Å². The molecule has 2 N–H and O–H groups in total. The van der Waals surface area contributed by atoms with Crippen LogP contribution in [-0.2, 0) is 6.61 Å². The van der Waals surface area contributed by atoms with E-state index in [-0.39, 0.29) is 6.61 Å². The third-order valence-corrected chi connectivity index (χ3v) is 1.74. The Hall–Kier alpha value is -0.730. The first kappa shape index (κ1) is 8.37. The van der Waals surface area contributed by atoms with Crippen molar-refractivity contribution in [1.82, 2.24) is 0 Å². The summed E-state index contributed by atoms with van der Waals surface area (Å²) in [6.07, 6.45) is 0. The monoisotopic (exact) mass is 171 g/mol. The molecule has 1 aromatic rings. The fourth-order valence-electron chi connectivity index (χ4n) is 0.937. The van der Waals surface area contributed by atoms with Crippen LogP contribution >= 0.6 is 11.6 Å². The number of aliphatic hydroxyl groups is 1. The molecule has 11 heavy (non-hydrogen) atoms. The molecule has 0 atom stereocenters. The lowest BCUT2D eigenvalue weighted by Gasteiger charge is -2.05. The zero-order valence-electron chi connectivity index (χ0n) is 6.26. The van der Waals surface area contributed by atoms with Crippen molar-refractivity contribution in [3.05, 3.63) is 28.8 Å². The number of hydrogen-bond donors (Lipinski definition) is 2. The van der Waals surface area contributed by atoms with Gasteiger partial charge in [0.05, 0.1) is 6.61 Å². The molecule has 0 heterocycles. The van der Waals surface area contributed by atoms with Crippen molar-refractivity contribution in [2.75, 3.05) is 12.4 Å². The van der Waals surface area contributed by atoms with Crippen molar-refractivity contribution in [2.45, 2.75) is 6.61 Å². The van der Waals surface area contributed by atoms with E-state index in [1.807, 2.05) is 13.1 Å². The number of halogens is 1. The van der Waals surface area contributed by atoms with Gasteiger partial charge in [-0.1, -0.05) is 11.6 Å². The first-order valence-electron chi connectivity index (χ1n) is 3.35. The highest BCUT2D eigenvalue weighted by Crippen LogP contribution is 2.19. The first-order chi connectivity index (χ1) is 5.27. The summed E-state index contributed by atoms with van der Waals surface area (Å²) in [7, 11) is 1.81. The zero-order chi connectivity index (χ0) is 8.27. The predicted molar refractivity (Wildman–Crippen MR) is 46.9 cm³/mol. The lowest BCUT2D eigenvalue weighted by molar-refractivity contribution is 0.282. The normalized spacial score (nSPS) is 9.73. The Labute approximate surface area is 70.8 Å². The van der Waals surface area contributed by atoms with Gasteiger partial charge in [0.25, 0.3) is 0 Å². The van der Waals surface area contributed by atoms with E-state index in [2.05, 4.69) is 5.32 Å². The summed E-state index contributed by atoms with van der Waals surface area (Å²) in [6, 6.07) is 5.37. The van der Waals surface area contributed by atoms with Crippen LogP contribution in [0.3, 0.4) is 0 Å². The van der Waals surface area contributed by atoms with E-state index in [0.29, 0.717) is 5.02 Å². The molecule has 1 aromatic carbocycles. The van der Waals surface area contributed by atoms with Crippen LogP contribution in [0.1, 0.15) is 5.56 Å². The van der Waals surface area contributed by atoms with Crippen molar-refractivity contribution in [3.63, 3.8) is 0 Å². The average Bonchev–Trinajstić information content (AvgIpc) is 2.04. The number of anilines is 1. The third-order valence-electron chi connectivity index (χ3n) is 1.51. The van der Waals surface area contributed by atoms with Gasteiger partial charge in [0, 0.05) is 23.3 Å². The molecule has 0 radical (unpaired) electrons. The van der Waals surface area contributed by atoms with Gasteiger partial charge in [0.1, 0.15) is 0 Å². The summed E-state index contributed by atoms with van der Waals surface area (Å²) in [5, 5.41) is 12.5. The minimum Gasteiger partial charge on any atom is -0.392 e. The van der Waals surface area contributed by atoms with Gasteiger partial charge < -0.3 is 10.4 Å². The largest absolute Gasteiger partial charge is 0.392 e. The Balaban J connectivity index is 3.06. The Bertz CT molecular complexity index is 250. The molecule has 3 heteroatoms.